The number of aliphatic hydroxyl groups excluding tert-OH is 1. The van der Waals surface area contributed by atoms with E-state index in [2.05, 4.69) is 11.8 Å². The first-order valence-corrected chi connectivity index (χ1v) is 6.01. The highest BCUT2D eigenvalue weighted by Crippen LogP contribution is 2.25. The molecule has 0 bridgehead atoms. The van der Waals surface area contributed by atoms with Crippen molar-refractivity contribution < 1.29 is 9.90 Å². The molecule has 0 amide bonds. The number of ketones is 1. The Labute approximate surface area is 92.5 Å². The van der Waals surface area contributed by atoms with Crippen molar-refractivity contribution >= 4 is 5.78 Å². The van der Waals surface area contributed by atoms with Gasteiger partial charge in [-0.15, -0.1) is 0 Å². The van der Waals surface area contributed by atoms with Gasteiger partial charge in [-0.05, 0) is 26.7 Å². The highest BCUT2D eigenvalue weighted by molar-refractivity contribution is 5.76. The molecular formula is C12H23NO2. The Balaban J connectivity index is 2.50. The van der Waals surface area contributed by atoms with Crippen molar-refractivity contribution in [2.45, 2.75) is 58.0 Å². The van der Waals surface area contributed by atoms with E-state index in [1.165, 1.54) is 25.7 Å². The van der Waals surface area contributed by atoms with Crippen LogP contribution in [-0.4, -0.2) is 41.0 Å². The zero-order chi connectivity index (χ0) is 11.3. The molecule has 0 saturated heterocycles. The van der Waals surface area contributed by atoms with Gasteiger partial charge in [-0.1, -0.05) is 12.8 Å². The first kappa shape index (κ1) is 12.7. The smallest absolute Gasteiger partial charge is 0.131 e. The largest absolute Gasteiger partial charge is 0.395 e. The molecule has 1 atom stereocenters. The minimum absolute atomic E-state index is 0.193. The van der Waals surface area contributed by atoms with Crippen LogP contribution in [0.2, 0.25) is 0 Å². The summed E-state index contributed by atoms with van der Waals surface area (Å²) in [6.07, 6.45) is 5.64. The maximum Gasteiger partial charge on any atom is 0.131 e. The van der Waals surface area contributed by atoms with E-state index in [-0.39, 0.29) is 18.4 Å². The average Bonchev–Trinajstić information content (AvgIpc) is 2.65. The third kappa shape index (κ3) is 3.92. The molecule has 88 valence electrons. The molecule has 0 heterocycles. The fraction of sp³-hybridized carbons (Fsp3) is 0.917. The van der Waals surface area contributed by atoms with Crippen molar-refractivity contribution in [1.82, 2.24) is 4.90 Å². The first-order chi connectivity index (χ1) is 7.15. The summed E-state index contributed by atoms with van der Waals surface area (Å²) in [4.78, 5) is 13.4. The van der Waals surface area contributed by atoms with Crippen LogP contribution in [-0.2, 0) is 4.79 Å². The fourth-order valence-electron chi connectivity index (χ4n) is 2.65. The lowest BCUT2D eigenvalue weighted by Gasteiger charge is -2.33. The summed E-state index contributed by atoms with van der Waals surface area (Å²) in [5.74, 6) is 0.239. The van der Waals surface area contributed by atoms with E-state index in [0.29, 0.717) is 19.0 Å². The summed E-state index contributed by atoms with van der Waals surface area (Å²) in [6.45, 7) is 4.63. The molecule has 0 radical (unpaired) electrons. The quantitative estimate of drug-likeness (QED) is 0.728. The number of hydrogen-bond acceptors (Lipinski definition) is 3. The lowest BCUT2D eigenvalue weighted by atomic mass is 10.1. The number of Topliss-reactive ketones (excluding diaryl/α,β-unsaturated/α-hetero) is 1. The number of carbonyl (C=O) groups is 1. The molecule has 0 aliphatic heterocycles. The second kappa shape index (κ2) is 6.23. The standard InChI is InChI=1S/C12H23NO2/c1-10(9-11(2)15)13(7-8-14)12-5-3-4-6-12/h10,12,14H,3-9H2,1-2H3. The Hall–Kier alpha value is -0.410. The molecule has 1 aliphatic carbocycles. The molecule has 1 saturated carbocycles. The number of nitrogens with zero attached hydrogens (tertiary/aromatic N) is 1. The molecule has 0 spiro atoms. The lowest BCUT2D eigenvalue weighted by Crippen LogP contribution is -2.43. The van der Waals surface area contributed by atoms with E-state index >= 15 is 0 Å². The van der Waals surface area contributed by atoms with Gasteiger partial charge in [0.05, 0.1) is 6.61 Å². The molecule has 3 nitrogen and oxygen atoms in total. The Morgan fingerprint density at radius 3 is 2.53 bits per heavy atom. The average molecular weight is 213 g/mol. The van der Waals surface area contributed by atoms with Crippen LogP contribution in [0.15, 0.2) is 0 Å². The summed E-state index contributed by atoms with van der Waals surface area (Å²) in [7, 11) is 0. The van der Waals surface area contributed by atoms with Gasteiger partial charge >= 0.3 is 0 Å². The zero-order valence-corrected chi connectivity index (χ0v) is 9.91. The molecule has 1 rings (SSSR count). The van der Waals surface area contributed by atoms with Crippen molar-refractivity contribution in [2.24, 2.45) is 0 Å². The van der Waals surface area contributed by atoms with Crippen molar-refractivity contribution in [1.29, 1.82) is 0 Å². The van der Waals surface area contributed by atoms with Crippen LogP contribution in [0.1, 0.15) is 46.0 Å². The summed E-state index contributed by atoms with van der Waals surface area (Å²) >= 11 is 0. The van der Waals surface area contributed by atoms with Crippen LogP contribution in [0, 0.1) is 0 Å². The molecule has 1 unspecified atom stereocenters. The van der Waals surface area contributed by atoms with Crippen LogP contribution in [0.3, 0.4) is 0 Å². The van der Waals surface area contributed by atoms with Gasteiger partial charge in [0.25, 0.3) is 0 Å². The predicted octanol–water partition coefficient (Wildman–Crippen LogP) is 1.59. The van der Waals surface area contributed by atoms with E-state index in [1.807, 2.05) is 0 Å². The first-order valence-electron chi connectivity index (χ1n) is 6.01. The summed E-state index contributed by atoms with van der Waals surface area (Å²) in [5, 5.41) is 9.05. The van der Waals surface area contributed by atoms with Gasteiger partial charge in [0.1, 0.15) is 5.78 Å². The zero-order valence-electron chi connectivity index (χ0n) is 9.91. The minimum atomic E-state index is 0.193. The second-order valence-electron chi connectivity index (χ2n) is 4.65. The number of rotatable bonds is 6. The molecule has 15 heavy (non-hydrogen) atoms. The van der Waals surface area contributed by atoms with Gasteiger partial charge in [-0.3, -0.25) is 9.69 Å². The van der Waals surface area contributed by atoms with E-state index in [0.717, 1.165) is 0 Å². The number of hydrogen-bond donors (Lipinski definition) is 1. The summed E-state index contributed by atoms with van der Waals surface area (Å²) in [5.41, 5.74) is 0. The minimum Gasteiger partial charge on any atom is -0.395 e. The fourth-order valence-corrected chi connectivity index (χ4v) is 2.65. The highest BCUT2D eigenvalue weighted by atomic mass is 16.3. The molecule has 1 fully saturated rings. The van der Waals surface area contributed by atoms with Crippen molar-refractivity contribution in [3.63, 3.8) is 0 Å². The molecule has 1 N–H and O–H groups in total. The topological polar surface area (TPSA) is 40.5 Å². The molecule has 3 heteroatoms. The van der Waals surface area contributed by atoms with Gasteiger partial charge in [0, 0.05) is 25.0 Å². The van der Waals surface area contributed by atoms with Crippen molar-refractivity contribution in [2.75, 3.05) is 13.2 Å². The summed E-state index contributed by atoms with van der Waals surface area (Å²) < 4.78 is 0. The second-order valence-corrected chi connectivity index (χ2v) is 4.65. The highest BCUT2D eigenvalue weighted by Gasteiger charge is 2.26. The van der Waals surface area contributed by atoms with E-state index < -0.39 is 0 Å². The Morgan fingerprint density at radius 1 is 1.47 bits per heavy atom. The van der Waals surface area contributed by atoms with Crippen LogP contribution in [0.5, 0.6) is 0 Å². The van der Waals surface area contributed by atoms with Gasteiger partial charge in [-0.25, -0.2) is 0 Å². The Bertz CT molecular complexity index is 200. The normalized spacial score (nSPS) is 19.7. The number of carbonyl (C=O) groups excluding carboxylic acids is 1. The van der Waals surface area contributed by atoms with E-state index in [1.54, 1.807) is 6.92 Å². The predicted molar refractivity (Wildman–Crippen MR) is 60.8 cm³/mol. The van der Waals surface area contributed by atoms with Crippen LogP contribution >= 0.6 is 0 Å². The molecule has 1 aliphatic rings. The van der Waals surface area contributed by atoms with Gasteiger partial charge in [-0.2, -0.15) is 0 Å². The maximum atomic E-state index is 11.1. The van der Waals surface area contributed by atoms with E-state index in [4.69, 9.17) is 5.11 Å². The Kier molecular flexibility index (Phi) is 5.26. The lowest BCUT2D eigenvalue weighted by molar-refractivity contribution is -0.118. The molecular weight excluding hydrogens is 190 g/mol. The Morgan fingerprint density at radius 2 is 2.07 bits per heavy atom. The van der Waals surface area contributed by atoms with Crippen LogP contribution in [0.4, 0.5) is 0 Å². The molecule has 0 aromatic rings. The number of aliphatic hydroxyl groups is 1. The third-order valence-corrected chi connectivity index (χ3v) is 3.30. The SMILES string of the molecule is CC(=O)CC(C)N(CCO)C1CCCC1. The van der Waals surface area contributed by atoms with Gasteiger partial charge in [0.15, 0.2) is 0 Å². The maximum absolute atomic E-state index is 11.1. The van der Waals surface area contributed by atoms with Crippen molar-refractivity contribution in [3.8, 4) is 0 Å². The molecule has 0 aromatic carbocycles. The van der Waals surface area contributed by atoms with Gasteiger partial charge in [0.2, 0.25) is 0 Å². The van der Waals surface area contributed by atoms with Crippen LogP contribution in [0.25, 0.3) is 0 Å². The van der Waals surface area contributed by atoms with Crippen LogP contribution < -0.4 is 0 Å². The van der Waals surface area contributed by atoms with E-state index in [9.17, 15) is 4.79 Å². The summed E-state index contributed by atoms with van der Waals surface area (Å²) in [6, 6.07) is 0.865. The van der Waals surface area contributed by atoms with Gasteiger partial charge < -0.3 is 5.11 Å². The monoisotopic (exact) mass is 213 g/mol. The third-order valence-electron chi connectivity index (χ3n) is 3.30. The molecule has 0 aromatic heterocycles. The van der Waals surface area contributed by atoms with Crippen molar-refractivity contribution in [3.05, 3.63) is 0 Å².